The van der Waals surface area contributed by atoms with Crippen molar-refractivity contribution in [1.29, 1.82) is 0 Å². The molecule has 154 valence electrons. The van der Waals surface area contributed by atoms with Crippen LogP contribution >= 0.6 is 0 Å². The average Bonchev–Trinajstić information content (AvgIpc) is 3.14. The van der Waals surface area contributed by atoms with Gasteiger partial charge in [-0.1, -0.05) is 12.1 Å². The molecule has 2 aliphatic rings. The highest BCUT2D eigenvalue weighted by atomic mass is 16.5. The van der Waals surface area contributed by atoms with Crippen LogP contribution in [0.3, 0.4) is 0 Å². The molecule has 1 aliphatic heterocycles. The number of carbonyl (C=O) groups is 1. The zero-order valence-electron chi connectivity index (χ0n) is 17.1. The van der Waals surface area contributed by atoms with Crippen molar-refractivity contribution >= 4 is 11.7 Å². The van der Waals surface area contributed by atoms with Crippen molar-refractivity contribution in [2.75, 3.05) is 18.0 Å². The van der Waals surface area contributed by atoms with Gasteiger partial charge in [-0.15, -0.1) is 0 Å². The number of benzene rings is 1. The highest BCUT2D eigenvalue weighted by molar-refractivity contribution is 5.73. The Kier molecular flexibility index (Phi) is 5.88. The van der Waals surface area contributed by atoms with E-state index in [1.807, 2.05) is 49.5 Å². The van der Waals surface area contributed by atoms with Gasteiger partial charge in [0.1, 0.15) is 23.4 Å². The third-order valence-corrected chi connectivity index (χ3v) is 5.65. The molecule has 1 aromatic heterocycles. The van der Waals surface area contributed by atoms with Crippen LogP contribution in [-0.2, 0) is 4.79 Å². The van der Waals surface area contributed by atoms with E-state index in [9.17, 15) is 4.79 Å². The fourth-order valence-corrected chi connectivity index (χ4v) is 3.76. The Bertz CT molecular complexity index is 818. The molecule has 0 bridgehead atoms. The molecule has 0 radical (unpaired) electrons. The average molecular weight is 396 g/mol. The van der Waals surface area contributed by atoms with Gasteiger partial charge in [-0.2, -0.15) is 0 Å². The highest BCUT2D eigenvalue weighted by Gasteiger charge is 2.25. The molecule has 29 heavy (non-hydrogen) atoms. The summed E-state index contributed by atoms with van der Waals surface area (Å²) in [5.41, 5.74) is 1.06. The van der Waals surface area contributed by atoms with Crippen molar-refractivity contribution in [2.45, 2.75) is 57.8 Å². The lowest BCUT2D eigenvalue weighted by Crippen LogP contribution is -2.26. The van der Waals surface area contributed by atoms with Crippen molar-refractivity contribution in [3.63, 3.8) is 0 Å². The number of ether oxygens (including phenoxy) is 2. The summed E-state index contributed by atoms with van der Waals surface area (Å²) in [5, 5.41) is 2.89. The lowest BCUT2D eigenvalue weighted by molar-refractivity contribution is -0.119. The fraction of sp³-hybridized carbons (Fsp3) is 0.478. The maximum Gasteiger partial charge on any atom is 0.217 e. The monoisotopic (exact) mass is 395 g/mol. The molecule has 1 saturated heterocycles. The van der Waals surface area contributed by atoms with Crippen LogP contribution in [0, 0.1) is 0 Å². The van der Waals surface area contributed by atoms with Crippen LogP contribution in [0.2, 0.25) is 0 Å². The maximum absolute atomic E-state index is 11.2. The Morgan fingerprint density at radius 1 is 1.07 bits per heavy atom. The minimum Gasteiger partial charge on any atom is -0.489 e. The second kappa shape index (κ2) is 8.72. The number of carbonyl (C=O) groups excluding carboxylic acids is 1. The largest absolute Gasteiger partial charge is 0.489 e. The quantitative estimate of drug-likeness (QED) is 0.771. The van der Waals surface area contributed by atoms with Crippen molar-refractivity contribution in [2.24, 2.45) is 0 Å². The molecule has 2 fully saturated rings. The molecule has 6 nitrogen and oxygen atoms in total. The second-order valence-electron chi connectivity index (χ2n) is 7.99. The van der Waals surface area contributed by atoms with Crippen molar-refractivity contribution in [3.8, 4) is 11.5 Å². The highest BCUT2D eigenvalue weighted by Crippen LogP contribution is 2.27. The molecule has 1 aromatic carbocycles. The van der Waals surface area contributed by atoms with E-state index < -0.39 is 0 Å². The van der Waals surface area contributed by atoms with Crippen LogP contribution in [0.4, 0.5) is 5.82 Å². The normalized spacial score (nSPS) is 20.1. The molecule has 6 heteroatoms. The van der Waals surface area contributed by atoms with Crippen molar-refractivity contribution in [3.05, 3.63) is 48.2 Å². The van der Waals surface area contributed by atoms with Gasteiger partial charge in [0.25, 0.3) is 0 Å². The van der Waals surface area contributed by atoms with Crippen LogP contribution in [0.15, 0.2) is 42.6 Å². The minimum atomic E-state index is -0.0277. The molecule has 2 aromatic rings. The van der Waals surface area contributed by atoms with E-state index in [-0.39, 0.29) is 18.1 Å². The zero-order chi connectivity index (χ0) is 20.2. The molecule has 1 saturated carbocycles. The van der Waals surface area contributed by atoms with Gasteiger partial charge in [0, 0.05) is 19.9 Å². The van der Waals surface area contributed by atoms with Crippen LogP contribution in [0.25, 0.3) is 0 Å². The predicted octanol–water partition coefficient (Wildman–Crippen LogP) is 3.87. The lowest BCUT2D eigenvalue weighted by Gasteiger charge is -2.26. The first-order valence-electron chi connectivity index (χ1n) is 10.5. The van der Waals surface area contributed by atoms with E-state index in [4.69, 9.17) is 9.47 Å². The van der Waals surface area contributed by atoms with Crippen LogP contribution in [-0.4, -0.2) is 36.2 Å². The van der Waals surface area contributed by atoms with Crippen LogP contribution in [0.1, 0.15) is 51.1 Å². The van der Waals surface area contributed by atoms with E-state index in [1.165, 1.54) is 13.3 Å². The number of rotatable bonds is 7. The number of nitrogens with one attached hydrogen (secondary N) is 1. The summed E-state index contributed by atoms with van der Waals surface area (Å²) in [4.78, 5) is 18.0. The van der Waals surface area contributed by atoms with E-state index in [0.717, 1.165) is 55.2 Å². The van der Waals surface area contributed by atoms with E-state index in [0.29, 0.717) is 6.10 Å². The standard InChI is InChI=1S/C23H29N3O3/c1-16(25-17(2)27)18-6-8-20(9-7-18)29-22-12-13-26(15-22)23-11-10-21(14-24-23)28-19-4-3-5-19/h6-11,14,16,19,22H,3-5,12-13,15H2,1-2H3,(H,25,27)/t16-,22+/m0/s1. The molecule has 1 N–H and O–H groups in total. The molecule has 2 heterocycles. The molecular formula is C23H29N3O3. The summed E-state index contributed by atoms with van der Waals surface area (Å²) in [6.07, 6.45) is 6.88. The van der Waals surface area contributed by atoms with E-state index in [1.54, 1.807) is 0 Å². The van der Waals surface area contributed by atoms with Crippen molar-refractivity contribution in [1.82, 2.24) is 10.3 Å². The summed E-state index contributed by atoms with van der Waals surface area (Å²) in [5.74, 6) is 2.66. The lowest BCUT2D eigenvalue weighted by atomic mass is 9.96. The first-order chi connectivity index (χ1) is 14.1. The SMILES string of the molecule is CC(=O)N[C@@H](C)c1ccc(O[C@@H]2CCN(c3ccc(OC4CCC4)cn3)C2)cc1. The van der Waals surface area contributed by atoms with Crippen LogP contribution < -0.4 is 19.7 Å². The molecule has 0 spiro atoms. The molecule has 0 unspecified atom stereocenters. The van der Waals surface area contributed by atoms with Gasteiger partial charge in [0.15, 0.2) is 0 Å². The Morgan fingerprint density at radius 3 is 2.41 bits per heavy atom. The second-order valence-corrected chi connectivity index (χ2v) is 7.99. The van der Waals surface area contributed by atoms with E-state index >= 15 is 0 Å². The number of nitrogens with zero attached hydrogens (tertiary/aromatic N) is 2. The number of pyridine rings is 1. The third-order valence-electron chi connectivity index (χ3n) is 5.65. The van der Waals surface area contributed by atoms with Gasteiger partial charge in [-0.25, -0.2) is 4.98 Å². The van der Waals surface area contributed by atoms with Gasteiger partial charge in [-0.05, 0) is 56.0 Å². The minimum absolute atomic E-state index is 0.00848. The fourth-order valence-electron chi connectivity index (χ4n) is 3.76. The predicted molar refractivity (Wildman–Crippen MR) is 112 cm³/mol. The van der Waals surface area contributed by atoms with Gasteiger partial charge in [0.05, 0.1) is 24.9 Å². The van der Waals surface area contributed by atoms with Gasteiger partial charge in [-0.3, -0.25) is 4.79 Å². The first-order valence-corrected chi connectivity index (χ1v) is 10.5. The zero-order valence-corrected chi connectivity index (χ0v) is 17.1. The Morgan fingerprint density at radius 2 is 1.79 bits per heavy atom. The van der Waals surface area contributed by atoms with E-state index in [2.05, 4.69) is 15.2 Å². The third kappa shape index (κ3) is 5.00. The van der Waals surface area contributed by atoms with Crippen LogP contribution in [0.5, 0.6) is 11.5 Å². The topological polar surface area (TPSA) is 63.7 Å². The Labute approximate surface area is 172 Å². The Hall–Kier alpha value is -2.76. The van der Waals surface area contributed by atoms with Gasteiger partial charge >= 0.3 is 0 Å². The summed E-state index contributed by atoms with van der Waals surface area (Å²) in [6, 6.07) is 12.0. The smallest absolute Gasteiger partial charge is 0.217 e. The molecule has 1 aliphatic carbocycles. The number of aromatic nitrogens is 1. The summed E-state index contributed by atoms with van der Waals surface area (Å²) in [6.45, 7) is 5.25. The summed E-state index contributed by atoms with van der Waals surface area (Å²) in [7, 11) is 0. The number of amides is 1. The molecular weight excluding hydrogens is 366 g/mol. The molecule has 4 rings (SSSR count). The maximum atomic E-state index is 11.2. The Balaban J connectivity index is 1.29. The number of hydrogen-bond acceptors (Lipinski definition) is 5. The summed E-state index contributed by atoms with van der Waals surface area (Å²) < 4.78 is 12.0. The summed E-state index contributed by atoms with van der Waals surface area (Å²) >= 11 is 0. The molecule has 2 atom stereocenters. The van der Waals surface area contributed by atoms with Gasteiger partial charge < -0.3 is 19.7 Å². The van der Waals surface area contributed by atoms with Crippen molar-refractivity contribution < 1.29 is 14.3 Å². The number of anilines is 1. The number of hydrogen-bond donors (Lipinski definition) is 1. The molecule has 1 amide bonds. The van der Waals surface area contributed by atoms with Gasteiger partial charge in [0.2, 0.25) is 5.91 Å². The first kappa shape index (κ1) is 19.6.